The first kappa shape index (κ1) is 27.8. The molecular weight excluding hydrogens is 399 g/mol. The minimum absolute atomic E-state index is 0.0308. The van der Waals surface area contributed by atoms with Gasteiger partial charge in [-0.3, -0.25) is 9.36 Å². The Balaban J connectivity index is 5.30. The Labute approximate surface area is 172 Å². The minimum atomic E-state index is -3.70. The smallest absolute Gasteiger partial charge is 0.344 e. The van der Waals surface area contributed by atoms with Crippen LogP contribution in [0.25, 0.3) is 0 Å². The van der Waals surface area contributed by atoms with Gasteiger partial charge in [-0.15, -0.1) is 0 Å². The first-order valence-corrected chi connectivity index (χ1v) is 14.6. The second-order valence-electron chi connectivity index (χ2n) is 8.49. The molecule has 168 valence electrons. The zero-order chi connectivity index (χ0) is 22.2. The van der Waals surface area contributed by atoms with Crippen molar-refractivity contribution in [2.75, 3.05) is 26.4 Å². The van der Waals surface area contributed by atoms with E-state index < -0.39 is 33.6 Å². The van der Waals surface area contributed by atoms with Crippen molar-refractivity contribution >= 4 is 21.9 Å². The van der Waals surface area contributed by atoms with Gasteiger partial charge < -0.3 is 23.3 Å². The van der Waals surface area contributed by atoms with E-state index in [9.17, 15) is 14.5 Å². The number of carbonyl (C=O) groups is 1. The summed E-state index contributed by atoms with van der Waals surface area (Å²) in [6.07, 6.45) is -0.680. The minimum Gasteiger partial charge on any atom is -0.465 e. The maximum absolute atomic E-state index is 13.2. The van der Waals surface area contributed by atoms with Crippen LogP contribution in [0.5, 0.6) is 0 Å². The van der Waals surface area contributed by atoms with E-state index in [1.165, 1.54) is 0 Å². The van der Waals surface area contributed by atoms with E-state index in [1.807, 2.05) is 0 Å². The molecule has 0 saturated heterocycles. The van der Waals surface area contributed by atoms with Gasteiger partial charge in [0.25, 0.3) is 0 Å². The number of esters is 1. The molecule has 1 N–H and O–H groups in total. The number of hydrogen-bond donors (Lipinski definition) is 1. The fourth-order valence-corrected chi connectivity index (χ4v) is 5.45. The van der Waals surface area contributed by atoms with Gasteiger partial charge in [-0.2, -0.15) is 0 Å². The molecule has 3 atom stereocenters. The number of aliphatic hydroxyl groups excluding tert-OH is 1. The van der Waals surface area contributed by atoms with Gasteiger partial charge in [-0.1, -0.05) is 27.7 Å². The van der Waals surface area contributed by atoms with Crippen LogP contribution < -0.4 is 0 Å². The van der Waals surface area contributed by atoms with Crippen molar-refractivity contribution in [3.63, 3.8) is 0 Å². The highest BCUT2D eigenvalue weighted by atomic mass is 31.2. The van der Waals surface area contributed by atoms with Gasteiger partial charge in [-0.25, -0.2) is 0 Å². The number of rotatable bonds is 13. The molecule has 0 aromatic heterocycles. The van der Waals surface area contributed by atoms with Gasteiger partial charge in [-0.05, 0) is 51.2 Å². The standard InChI is InChI=1S/C19H41O7PSi/c1-10-23-18(21)17(27(22,24-11-2)25-12-3)13-15(4)16(20)14-26-28(8,9)19(5,6)7/h15-17,20H,10-14H2,1-9H3/t15-,16-,17-/m1/s1. The molecule has 28 heavy (non-hydrogen) atoms. The van der Waals surface area contributed by atoms with Gasteiger partial charge in [0, 0.05) is 0 Å². The molecular formula is C19H41O7PSi. The molecule has 0 bridgehead atoms. The molecule has 0 radical (unpaired) electrons. The fourth-order valence-electron chi connectivity index (χ4n) is 2.35. The maximum Gasteiger partial charge on any atom is 0.344 e. The predicted octanol–water partition coefficient (Wildman–Crippen LogP) is 4.59. The van der Waals surface area contributed by atoms with Crippen LogP contribution in [0.15, 0.2) is 0 Å². The lowest BCUT2D eigenvalue weighted by Crippen LogP contribution is -2.43. The molecule has 0 fully saturated rings. The molecule has 0 aromatic carbocycles. The zero-order valence-corrected chi connectivity index (χ0v) is 21.0. The summed E-state index contributed by atoms with van der Waals surface area (Å²) in [5.74, 6) is -0.981. The molecule has 0 aliphatic heterocycles. The van der Waals surface area contributed by atoms with Gasteiger partial charge in [0.15, 0.2) is 14.0 Å². The zero-order valence-electron chi connectivity index (χ0n) is 19.1. The lowest BCUT2D eigenvalue weighted by atomic mass is 9.99. The van der Waals surface area contributed by atoms with Crippen molar-refractivity contribution in [1.82, 2.24) is 0 Å². The largest absolute Gasteiger partial charge is 0.465 e. The van der Waals surface area contributed by atoms with Crippen molar-refractivity contribution < 1.29 is 32.7 Å². The van der Waals surface area contributed by atoms with E-state index in [1.54, 1.807) is 27.7 Å². The Hall–Kier alpha value is -0.243. The highest BCUT2D eigenvalue weighted by Gasteiger charge is 2.44. The Bertz CT molecular complexity index is 509. The molecule has 0 amide bonds. The molecule has 0 saturated carbocycles. The Morgan fingerprint density at radius 3 is 1.96 bits per heavy atom. The summed E-state index contributed by atoms with van der Waals surface area (Å²) in [6.45, 7) is 18.1. The SMILES string of the molecule is CCOC(=O)[C@@H](C[C@@H](C)[C@H](O)CO[Si](C)(C)C(C)(C)C)P(=O)(OCC)OCC. The van der Waals surface area contributed by atoms with Crippen molar-refractivity contribution in [3.05, 3.63) is 0 Å². The van der Waals surface area contributed by atoms with Crippen molar-refractivity contribution in [2.24, 2.45) is 5.92 Å². The third kappa shape index (κ3) is 8.25. The number of hydrogen-bond acceptors (Lipinski definition) is 7. The highest BCUT2D eigenvalue weighted by molar-refractivity contribution is 7.55. The Morgan fingerprint density at radius 2 is 1.57 bits per heavy atom. The summed E-state index contributed by atoms with van der Waals surface area (Å²) in [6, 6.07) is 0. The van der Waals surface area contributed by atoms with Gasteiger partial charge >= 0.3 is 13.6 Å². The van der Waals surface area contributed by atoms with Crippen LogP contribution in [-0.4, -0.2) is 57.6 Å². The quantitative estimate of drug-likeness (QED) is 0.254. The number of carbonyl (C=O) groups excluding carboxylic acids is 1. The summed E-state index contributed by atoms with van der Waals surface area (Å²) < 4.78 is 35.1. The summed E-state index contributed by atoms with van der Waals surface area (Å²) in [4.78, 5) is 12.5. The lowest BCUT2D eigenvalue weighted by Gasteiger charge is -2.37. The second-order valence-corrected chi connectivity index (χ2v) is 15.5. The van der Waals surface area contributed by atoms with Crippen LogP contribution in [0.1, 0.15) is 54.9 Å². The third-order valence-corrected chi connectivity index (χ3v) is 12.2. The number of aliphatic hydroxyl groups is 1. The molecule has 0 unspecified atom stereocenters. The Morgan fingerprint density at radius 1 is 1.07 bits per heavy atom. The van der Waals surface area contributed by atoms with E-state index in [4.69, 9.17) is 18.2 Å². The van der Waals surface area contributed by atoms with Crippen LogP contribution in [0.4, 0.5) is 0 Å². The Kier molecular flexibility index (Phi) is 11.7. The average molecular weight is 441 g/mol. The van der Waals surface area contributed by atoms with E-state index in [0.717, 1.165) is 0 Å². The monoisotopic (exact) mass is 440 g/mol. The molecule has 0 heterocycles. The van der Waals surface area contributed by atoms with Crippen molar-refractivity contribution in [1.29, 1.82) is 0 Å². The summed E-state index contributed by atoms with van der Waals surface area (Å²) in [5.41, 5.74) is -1.08. The molecule has 0 rings (SSSR count). The average Bonchev–Trinajstić information content (AvgIpc) is 2.56. The molecule has 0 aliphatic rings. The lowest BCUT2D eigenvalue weighted by molar-refractivity contribution is -0.143. The van der Waals surface area contributed by atoms with E-state index in [0.29, 0.717) is 0 Å². The highest BCUT2D eigenvalue weighted by Crippen LogP contribution is 2.55. The first-order valence-electron chi connectivity index (χ1n) is 10.1. The number of ether oxygens (including phenoxy) is 1. The van der Waals surface area contributed by atoms with Crippen LogP contribution in [0.3, 0.4) is 0 Å². The molecule has 0 spiro atoms. The molecule has 9 heteroatoms. The van der Waals surface area contributed by atoms with E-state index in [2.05, 4.69) is 33.9 Å². The summed E-state index contributed by atoms with van der Waals surface area (Å²) in [5, 5.41) is 10.6. The van der Waals surface area contributed by atoms with Crippen LogP contribution in [0.2, 0.25) is 18.1 Å². The maximum atomic E-state index is 13.2. The van der Waals surface area contributed by atoms with Crippen LogP contribution in [-0.2, 0) is 27.6 Å². The fraction of sp³-hybridized carbons (Fsp3) is 0.947. The summed E-state index contributed by atoms with van der Waals surface area (Å²) in [7, 11) is -5.71. The third-order valence-electron chi connectivity index (χ3n) is 5.23. The first-order chi connectivity index (χ1) is 12.8. The topological polar surface area (TPSA) is 91.3 Å². The second kappa shape index (κ2) is 11.8. The molecule has 7 nitrogen and oxygen atoms in total. The van der Waals surface area contributed by atoms with E-state index >= 15 is 0 Å². The molecule has 0 aromatic rings. The van der Waals surface area contributed by atoms with Crippen molar-refractivity contribution in [2.45, 2.75) is 84.8 Å². The van der Waals surface area contributed by atoms with Crippen LogP contribution in [0, 0.1) is 5.92 Å². The van der Waals surface area contributed by atoms with Gasteiger partial charge in [0.2, 0.25) is 0 Å². The molecule has 0 aliphatic carbocycles. The summed E-state index contributed by atoms with van der Waals surface area (Å²) >= 11 is 0. The van der Waals surface area contributed by atoms with Crippen LogP contribution >= 0.6 is 7.60 Å². The normalized spacial score (nSPS) is 16.5. The van der Waals surface area contributed by atoms with Gasteiger partial charge in [0.1, 0.15) is 0 Å². The van der Waals surface area contributed by atoms with Gasteiger partial charge in [0.05, 0.1) is 32.5 Å². The van der Waals surface area contributed by atoms with E-state index in [-0.39, 0.29) is 43.8 Å². The van der Waals surface area contributed by atoms with Crippen molar-refractivity contribution in [3.8, 4) is 0 Å². The predicted molar refractivity (Wildman–Crippen MR) is 114 cm³/mol.